The minimum Gasteiger partial charge on any atom is -0.357 e. The highest BCUT2D eigenvalue weighted by molar-refractivity contribution is 14.0. The first kappa shape index (κ1) is 22.6. The number of aryl methyl sites for hydroxylation is 1. The molecule has 0 unspecified atom stereocenters. The smallest absolute Gasteiger partial charge is 0.191 e. The average molecular weight is 491 g/mol. The Morgan fingerprint density at radius 3 is 2.69 bits per heavy atom. The van der Waals surface area contributed by atoms with Gasteiger partial charge < -0.3 is 15.5 Å². The Hall–Kier alpha value is -1.42. The summed E-state index contributed by atoms with van der Waals surface area (Å²) in [6.45, 7) is 6.03. The van der Waals surface area contributed by atoms with Crippen LogP contribution in [-0.4, -0.2) is 38.1 Å². The number of nitrogens with one attached hydrogen (secondary N) is 2. The molecule has 0 amide bonds. The van der Waals surface area contributed by atoms with E-state index in [0.717, 1.165) is 47.4 Å². The molecule has 0 aliphatic heterocycles. The highest BCUT2D eigenvalue weighted by Gasteiger charge is 2.05. The molecule has 144 valence electrons. The van der Waals surface area contributed by atoms with Crippen molar-refractivity contribution in [1.29, 1.82) is 0 Å². The van der Waals surface area contributed by atoms with Gasteiger partial charge in [0.15, 0.2) is 11.1 Å². The van der Waals surface area contributed by atoms with E-state index in [4.69, 9.17) is 0 Å². The normalized spacial score (nSPS) is 11.0. The molecule has 5 nitrogen and oxygen atoms in total. The van der Waals surface area contributed by atoms with Crippen LogP contribution in [0.15, 0.2) is 28.6 Å². The zero-order chi connectivity index (χ0) is 18.2. The van der Waals surface area contributed by atoms with E-state index < -0.39 is 0 Å². The summed E-state index contributed by atoms with van der Waals surface area (Å²) in [5.74, 6) is 0.575. The largest absolute Gasteiger partial charge is 0.357 e. The van der Waals surface area contributed by atoms with Crippen LogP contribution in [0.3, 0.4) is 0 Å². The Morgan fingerprint density at radius 1 is 1.31 bits per heavy atom. The number of hydrogen-bond acceptors (Lipinski definition) is 4. The van der Waals surface area contributed by atoms with E-state index in [-0.39, 0.29) is 29.8 Å². The van der Waals surface area contributed by atoms with Crippen molar-refractivity contribution in [2.24, 2.45) is 4.99 Å². The number of anilines is 1. The fourth-order valence-corrected chi connectivity index (χ4v) is 3.08. The van der Waals surface area contributed by atoms with Crippen molar-refractivity contribution in [3.8, 4) is 0 Å². The van der Waals surface area contributed by atoms with Gasteiger partial charge in [0, 0.05) is 32.6 Å². The number of aromatic nitrogens is 1. The molecule has 0 spiro atoms. The van der Waals surface area contributed by atoms with Crippen LogP contribution in [0.5, 0.6) is 0 Å². The summed E-state index contributed by atoms with van der Waals surface area (Å²) < 4.78 is 13.2. The molecule has 1 aromatic heterocycles. The predicted octanol–water partition coefficient (Wildman–Crippen LogP) is 3.57. The molecule has 2 rings (SSSR count). The number of thiazole rings is 1. The first-order valence-electron chi connectivity index (χ1n) is 8.38. The van der Waals surface area contributed by atoms with E-state index in [1.807, 2.05) is 44.3 Å². The third kappa shape index (κ3) is 7.06. The van der Waals surface area contributed by atoms with Crippen molar-refractivity contribution in [2.75, 3.05) is 32.1 Å². The minimum absolute atomic E-state index is 0. The van der Waals surface area contributed by atoms with Crippen molar-refractivity contribution in [3.05, 3.63) is 46.2 Å². The van der Waals surface area contributed by atoms with Gasteiger partial charge in [-0.3, -0.25) is 0 Å². The van der Waals surface area contributed by atoms with Gasteiger partial charge in [0.2, 0.25) is 0 Å². The van der Waals surface area contributed by atoms with Crippen LogP contribution < -0.4 is 15.5 Å². The highest BCUT2D eigenvalue weighted by Crippen LogP contribution is 2.18. The molecule has 0 aliphatic carbocycles. The molecule has 1 heterocycles. The molecule has 0 fully saturated rings. The zero-order valence-electron chi connectivity index (χ0n) is 15.7. The molecular weight excluding hydrogens is 464 g/mol. The summed E-state index contributed by atoms with van der Waals surface area (Å²) in [5, 5.41) is 9.57. The lowest BCUT2D eigenvalue weighted by Crippen LogP contribution is -2.38. The third-order valence-electron chi connectivity index (χ3n) is 3.66. The third-order valence-corrected chi connectivity index (χ3v) is 4.71. The molecule has 0 saturated heterocycles. The van der Waals surface area contributed by atoms with Gasteiger partial charge in [-0.15, -0.1) is 35.3 Å². The summed E-state index contributed by atoms with van der Waals surface area (Å²) in [5.41, 5.74) is 3.07. The van der Waals surface area contributed by atoms with Crippen LogP contribution in [-0.2, 0) is 13.0 Å². The lowest BCUT2D eigenvalue weighted by molar-refractivity contribution is 0.625. The minimum atomic E-state index is -0.190. The summed E-state index contributed by atoms with van der Waals surface area (Å²) in [6.07, 6.45) is 0.817. The van der Waals surface area contributed by atoms with Gasteiger partial charge in [-0.2, -0.15) is 0 Å². The highest BCUT2D eigenvalue weighted by atomic mass is 127. The number of rotatable bonds is 7. The predicted molar refractivity (Wildman–Crippen MR) is 120 cm³/mol. The lowest BCUT2D eigenvalue weighted by atomic mass is 10.1. The van der Waals surface area contributed by atoms with Crippen LogP contribution >= 0.6 is 35.3 Å². The van der Waals surface area contributed by atoms with Gasteiger partial charge in [-0.1, -0.05) is 6.07 Å². The van der Waals surface area contributed by atoms with Crippen LogP contribution in [0.4, 0.5) is 9.52 Å². The lowest BCUT2D eigenvalue weighted by Gasteiger charge is -2.12. The van der Waals surface area contributed by atoms with E-state index in [1.54, 1.807) is 17.4 Å². The Balaban J connectivity index is 0.00000338. The number of guanidine groups is 1. The molecule has 0 bridgehead atoms. The number of aliphatic imine (C=N–C) groups is 1. The fourth-order valence-electron chi connectivity index (χ4n) is 2.33. The summed E-state index contributed by atoms with van der Waals surface area (Å²) in [6, 6.07) is 4.92. The molecule has 2 N–H and O–H groups in total. The van der Waals surface area contributed by atoms with E-state index in [2.05, 4.69) is 20.6 Å². The van der Waals surface area contributed by atoms with Crippen LogP contribution in [0, 0.1) is 12.7 Å². The standard InChI is InChI=1S/C18H26FN5S.HI/c1-5-20-17(22-11-16-12-25-18(23-16)24(3)4)21-9-8-14-6-7-15(19)10-13(14)2;/h6-7,10,12H,5,8-9,11H2,1-4H3,(H2,20,21,22);1H. The second-order valence-electron chi connectivity index (χ2n) is 5.96. The molecule has 2 aromatic rings. The van der Waals surface area contributed by atoms with E-state index in [1.165, 1.54) is 6.07 Å². The number of halogens is 2. The maximum Gasteiger partial charge on any atom is 0.191 e. The van der Waals surface area contributed by atoms with Crippen LogP contribution in [0.2, 0.25) is 0 Å². The summed E-state index contributed by atoms with van der Waals surface area (Å²) >= 11 is 1.61. The maximum absolute atomic E-state index is 13.2. The van der Waals surface area contributed by atoms with Crippen molar-refractivity contribution in [1.82, 2.24) is 15.6 Å². The topological polar surface area (TPSA) is 52.6 Å². The monoisotopic (exact) mass is 491 g/mol. The van der Waals surface area contributed by atoms with Gasteiger partial charge in [-0.25, -0.2) is 14.4 Å². The molecule has 26 heavy (non-hydrogen) atoms. The Morgan fingerprint density at radius 2 is 2.08 bits per heavy atom. The number of benzene rings is 1. The molecule has 8 heteroatoms. The molecule has 0 atom stereocenters. The summed E-state index contributed by atoms with van der Waals surface area (Å²) in [7, 11) is 3.96. The summed E-state index contributed by atoms with van der Waals surface area (Å²) in [4.78, 5) is 11.1. The quantitative estimate of drug-likeness (QED) is 0.353. The second kappa shape index (κ2) is 11.3. The van der Waals surface area contributed by atoms with E-state index in [9.17, 15) is 4.39 Å². The van der Waals surface area contributed by atoms with Gasteiger partial charge in [0.1, 0.15) is 5.82 Å². The second-order valence-corrected chi connectivity index (χ2v) is 6.80. The average Bonchev–Trinajstić information content (AvgIpc) is 3.04. The Labute approximate surface area is 176 Å². The molecule has 0 saturated carbocycles. The van der Waals surface area contributed by atoms with E-state index >= 15 is 0 Å². The molecule has 1 aromatic carbocycles. The SMILES string of the molecule is CCNC(=NCc1csc(N(C)C)n1)NCCc1ccc(F)cc1C.I. The van der Waals surface area contributed by atoms with Gasteiger partial charge in [0.25, 0.3) is 0 Å². The zero-order valence-corrected chi connectivity index (χ0v) is 18.8. The maximum atomic E-state index is 13.2. The van der Waals surface area contributed by atoms with Gasteiger partial charge in [-0.05, 0) is 43.5 Å². The van der Waals surface area contributed by atoms with Crippen molar-refractivity contribution >= 4 is 46.4 Å². The van der Waals surface area contributed by atoms with Crippen LogP contribution in [0.25, 0.3) is 0 Å². The van der Waals surface area contributed by atoms with E-state index in [0.29, 0.717) is 6.54 Å². The van der Waals surface area contributed by atoms with Crippen molar-refractivity contribution in [2.45, 2.75) is 26.8 Å². The van der Waals surface area contributed by atoms with Gasteiger partial charge >= 0.3 is 0 Å². The number of nitrogens with zero attached hydrogens (tertiary/aromatic N) is 3. The molecule has 0 aliphatic rings. The Kier molecular flexibility index (Phi) is 9.85. The fraction of sp³-hybridized carbons (Fsp3) is 0.444. The van der Waals surface area contributed by atoms with Gasteiger partial charge in [0.05, 0.1) is 12.2 Å². The van der Waals surface area contributed by atoms with Crippen LogP contribution in [0.1, 0.15) is 23.7 Å². The molecule has 0 radical (unpaired) electrons. The number of hydrogen-bond donors (Lipinski definition) is 2. The Bertz CT molecular complexity index is 717. The first-order valence-corrected chi connectivity index (χ1v) is 9.26. The van der Waals surface area contributed by atoms with Crippen molar-refractivity contribution < 1.29 is 4.39 Å². The molecular formula is C18H27FIN5S. The van der Waals surface area contributed by atoms with Crippen molar-refractivity contribution in [3.63, 3.8) is 0 Å². The first-order chi connectivity index (χ1) is 12.0.